The van der Waals surface area contributed by atoms with Crippen LogP contribution >= 0.6 is 0 Å². The van der Waals surface area contributed by atoms with Gasteiger partial charge in [0.15, 0.2) is 0 Å². The maximum atomic E-state index is 13.0. The number of benzene rings is 3. The number of nitro benzene ring substituents is 1. The lowest BCUT2D eigenvalue weighted by Gasteiger charge is -2.15. The van der Waals surface area contributed by atoms with E-state index in [4.69, 9.17) is 4.42 Å². The summed E-state index contributed by atoms with van der Waals surface area (Å²) < 4.78 is 34.0. The van der Waals surface area contributed by atoms with Crippen molar-refractivity contribution in [3.63, 3.8) is 0 Å². The van der Waals surface area contributed by atoms with Gasteiger partial charge in [0.1, 0.15) is 17.2 Å². The third-order valence-corrected chi connectivity index (χ3v) is 7.98. The molecule has 3 N–H and O–H groups in total. The molecule has 0 fully saturated rings. The normalized spacial score (nSPS) is 12.4. The van der Waals surface area contributed by atoms with Crippen LogP contribution in [-0.4, -0.2) is 42.9 Å². The van der Waals surface area contributed by atoms with E-state index in [-0.39, 0.29) is 29.3 Å². The lowest BCUT2D eigenvalue weighted by molar-refractivity contribution is -0.384. The molecule has 4 aromatic rings. The molecule has 210 valence electrons. The van der Waals surface area contributed by atoms with Crippen molar-refractivity contribution in [2.45, 2.75) is 49.5 Å². The van der Waals surface area contributed by atoms with Crippen molar-refractivity contribution in [2.75, 3.05) is 6.54 Å². The largest absolute Gasteiger partial charge is 0.480 e. The molecule has 40 heavy (non-hydrogen) atoms. The van der Waals surface area contributed by atoms with E-state index in [1.165, 1.54) is 24.3 Å². The number of para-hydroxylation sites is 1. The number of carboxylic acid groups (broad SMARTS) is 1. The Kier molecular flexibility index (Phi) is 9.12. The summed E-state index contributed by atoms with van der Waals surface area (Å²) in [5, 5.41) is 24.5. The fourth-order valence-electron chi connectivity index (χ4n) is 4.39. The average Bonchev–Trinajstić information content (AvgIpc) is 3.30. The summed E-state index contributed by atoms with van der Waals surface area (Å²) in [5.74, 6) is -1.44. The number of hydrogen-bond acceptors (Lipinski definition) is 7. The number of nitrogens with zero attached hydrogens (tertiary/aromatic N) is 1. The smallest absolute Gasteiger partial charge is 0.321 e. The number of carbonyl (C=O) groups is 2. The van der Waals surface area contributed by atoms with Crippen LogP contribution in [0.3, 0.4) is 0 Å². The fraction of sp³-hybridized carbons (Fsp3) is 0.286. The van der Waals surface area contributed by atoms with Crippen LogP contribution in [0.4, 0.5) is 5.69 Å². The van der Waals surface area contributed by atoms with Crippen LogP contribution in [-0.2, 0) is 26.0 Å². The number of rotatable bonds is 14. The summed E-state index contributed by atoms with van der Waals surface area (Å²) in [6.07, 6.45) is 2.38. The summed E-state index contributed by atoms with van der Waals surface area (Å²) in [5.41, 5.74) is 2.07. The molecule has 0 aliphatic carbocycles. The van der Waals surface area contributed by atoms with Crippen LogP contribution in [0.1, 0.15) is 37.7 Å². The zero-order valence-corrected chi connectivity index (χ0v) is 22.4. The van der Waals surface area contributed by atoms with E-state index in [0.717, 1.165) is 10.9 Å². The summed E-state index contributed by atoms with van der Waals surface area (Å²) in [4.78, 5) is 34.0. The first-order valence-corrected chi connectivity index (χ1v) is 14.3. The Hall–Kier alpha value is -4.29. The first kappa shape index (κ1) is 28.7. The summed E-state index contributed by atoms with van der Waals surface area (Å²) in [7, 11) is -4.11. The molecule has 3 aromatic carbocycles. The lowest BCUT2D eigenvalue weighted by Crippen LogP contribution is -2.40. The minimum atomic E-state index is -4.11. The van der Waals surface area contributed by atoms with E-state index in [9.17, 15) is 33.2 Å². The van der Waals surface area contributed by atoms with Crippen LogP contribution in [0.25, 0.3) is 21.9 Å². The van der Waals surface area contributed by atoms with E-state index in [1.807, 2.05) is 18.2 Å². The average molecular weight is 568 g/mol. The number of aliphatic carboxylic acids is 1. The number of nitro groups is 1. The molecule has 0 saturated carbocycles. The van der Waals surface area contributed by atoms with E-state index in [0.29, 0.717) is 48.8 Å². The molecule has 1 amide bonds. The van der Waals surface area contributed by atoms with Gasteiger partial charge in [0.2, 0.25) is 15.9 Å². The van der Waals surface area contributed by atoms with E-state index >= 15 is 0 Å². The third-order valence-electron chi connectivity index (χ3n) is 6.51. The molecule has 1 heterocycles. The fourth-order valence-corrected chi connectivity index (χ4v) is 5.64. The second-order valence-corrected chi connectivity index (χ2v) is 11.1. The van der Waals surface area contributed by atoms with E-state index < -0.39 is 27.0 Å². The molecule has 0 saturated heterocycles. The number of sulfonamides is 1. The summed E-state index contributed by atoms with van der Waals surface area (Å²) >= 11 is 0. The number of unbranched alkanes of at least 4 members (excludes halogenated alkanes) is 1. The van der Waals surface area contributed by atoms with Crippen LogP contribution in [0, 0.1) is 10.1 Å². The highest BCUT2D eigenvalue weighted by atomic mass is 32.2. The number of carbonyl (C=O) groups excluding carboxylic acids is 1. The van der Waals surface area contributed by atoms with Gasteiger partial charge in [-0.2, -0.15) is 4.72 Å². The standard InChI is InChI=1S/C28H29N3O8S/c32-27(10-5-6-19-11-13-20(14-12-19)31(35)36)29-17-4-3-8-24(28(33)34)30-40(37,38)21-15-16-26-23(18-21)22-7-1-2-9-25(22)39-26/h1-2,7,9,11-16,18,24,30H,3-6,8,10,17H2,(H,29,32)(H,33,34). The highest BCUT2D eigenvalue weighted by Gasteiger charge is 2.25. The molecule has 0 bridgehead atoms. The summed E-state index contributed by atoms with van der Waals surface area (Å²) in [6, 6.07) is 16.5. The van der Waals surface area contributed by atoms with Gasteiger partial charge in [-0.1, -0.05) is 30.3 Å². The van der Waals surface area contributed by atoms with Crippen molar-refractivity contribution in [1.29, 1.82) is 0 Å². The molecular weight excluding hydrogens is 538 g/mol. The van der Waals surface area contributed by atoms with Gasteiger partial charge in [0.25, 0.3) is 5.69 Å². The van der Waals surface area contributed by atoms with Crippen molar-refractivity contribution in [2.24, 2.45) is 0 Å². The van der Waals surface area contributed by atoms with Crippen molar-refractivity contribution >= 4 is 49.5 Å². The third kappa shape index (κ3) is 7.21. The van der Waals surface area contributed by atoms with Gasteiger partial charge in [0.05, 0.1) is 9.82 Å². The van der Waals surface area contributed by atoms with Crippen LogP contribution in [0.2, 0.25) is 0 Å². The van der Waals surface area contributed by atoms with Crippen molar-refractivity contribution in [3.8, 4) is 0 Å². The minimum absolute atomic E-state index is 0.0175. The van der Waals surface area contributed by atoms with Crippen LogP contribution in [0.5, 0.6) is 0 Å². The van der Waals surface area contributed by atoms with Gasteiger partial charge < -0.3 is 14.8 Å². The highest BCUT2D eigenvalue weighted by molar-refractivity contribution is 7.89. The predicted octanol–water partition coefficient (Wildman–Crippen LogP) is 4.54. The lowest BCUT2D eigenvalue weighted by atomic mass is 10.1. The Morgan fingerprint density at radius 1 is 0.950 bits per heavy atom. The van der Waals surface area contributed by atoms with Crippen molar-refractivity contribution in [1.82, 2.24) is 10.0 Å². The Morgan fingerprint density at radius 2 is 1.68 bits per heavy atom. The Bertz CT molecular complexity index is 1630. The number of non-ortho nitro benzene ring substituents is 1. The van der Waals surface area contributed by atoms with Gasteiger partial charge in [-0.25, -0.2) is 8.42 Å². The number of nitrogens with one attached hydrogen (secondary N) is 2. The maximum Gasteiger partial charge on any atom is 0.321 e. The Balaban J connectivity index is 1.22. The molecule has 0 aliphatic rings. The van der Waals surface area contributed by atoms with Crippen LogP contribution in [0.15, 0.2) is 76.0 Å². The number of hydrogen-bond donors (Lipinski definition) is 3. The molecule has 1 aromatic heterocycles. The molecule has 1 unspecified atom stereocenters. The quantitative estimate of drug-likeness (QED) is 0.113. The zero-order valence-electron chi connectivity index (χ0n) is 21.5. The molecule has 12 heteroatoms. The Labute approximate surface area is 230 Å². The molecule has 11 nitrogen and oxygen atoms in total. The molecule has 4 rings (SSSR count). The number of aryl methyl sites for hydroxylation is 1. The summed E-state index contributed by atoms with van der Waals surface area (Å²) in [6.45, 7) is 0.333. The van der Waals surface area contributed by atoms with Gasteiger partial charge in [0, 0.05) is 35.9 Å². The van der Waals surface area contributed by atoms with Gasteiger partial charge >= 0.3 is 5.97 Å². The topological polar surface area (TPSA) is 169 Å². The van der Waals surface area contributed by atoms with Gasteiger partial charge in [-0.05, 0) is 61.9 Å². The predicted molar refractivity (Wildman–Crippen MR) is 148 cm³/mol. The molecule has 0 radical (unpaired) electrons. The molecule has 1 atom stereocenters. The van der Waals surface area contributed by atoms with Gasteiger partial charge in [-0.3, -0.25) is 19.7 Å². The second kappa shape index (κ2) is 12.7. The second-order valence-electron chi connectivity index (χ2n) is 9.39. The number of carboxylic acids is 1. The van der Waals surface area contributed by atoms with E-state index in [1.54, 1.807) is 24.3 Å². The monoisotopic (exact) mass is 567 g/mol. The van der Waals surface area contributed by atoms with Gasteiger partial charge in [-0.15, -0.1) is 0 Å². The van der Waals surface area contributed by atoms with Crippen molar-refractivity contribution < 1.29 is 32.5 Å². The molecule has 0 spiro atoms. The zero-order chi connectivity index (χ0) is 28.7. The van der Waals surface area contributed by atoms with Crippen LogP contribution < -0.4 is 10.0 Å². The highest BCUT2D eigenvalue weighted by Crippen LogP contribution is 2.30. The molecular formula is C28H29N3O8S. The Morgan fingerprint density at radius 3 is 2.40 bits per heavy atom. The number of furan rings is 1. The first-order valence-electron chi connectivity index (χ1n) is 12.8. The number of amides is 1. The van der Waals surface area contributed by atoms with Crippen molar-refractivity contribution in [3.05, 3.63) is 82.4 Å². The van der Waals surface area contributed by atoms with E-state index in [2.05, 4.69) is 10.0 Å². The SMILES string of the molecule is O=C(CCCc1ccc([N+](=O)[O-])cc1)NCCCCC(NS(=O)(=O)c1ccc2oc3ccccc3c2c1)C(=O)O. The minimum Gasteiger partial charge on any atom is -0.480 e. The molecule has 0 aliphatic heterocycles. The number of fused-ring (bicyclic) bond motifs is 3. The maximum absolute atomic E-state index is 13.0. The first-order chi connectivity index (χ1) is 19.1.